The van der Waals surface area contributed by atoms with Crippen molar-refractivity contribution < 1.29 is 23.8 Å². The van der Waals surface area contributed by atoms with Crippen LogP contribution < -0.4 is 0 Å². The fourth-order valence-corrected chi connectivity index (χ4v) is 0.403. The van der Waals surface area contributed by atoms with Crippen molar-refractivity contribution in [1.29, 1.82) is 0 Å². The quantitative estimate of drug-likeness (QED) is 0.552. The van der Waals surface area contributed by atoms with Crippen molar-refractivity contribution in [3.8, 4) is 0 Å². The molecule has 0 heterocycles. The number of rotatable bonds is 4. The normalized spacial score (nSPS) is 11.9. The fourth-order valence-electron chi connectivity index (χ4n) is 0.403. The van der Waals surface area contributed by atoms with Gasteiger partial charge in [-0.1, -0.05) is 0 Å². The molecule has 0 aliphatic rings. The van der Waals surface area contributed by atoms with Crippen LogP contribution in [-0.4, -0.2) is 38.9 Å². The molecule has 0 N–H and O–H groups in total. The van der Waals surface area contributed by atoms with E-state index in [1.807, 2.05) is 0 Å². The van der Waals surface area contributed by atoms with Crippen LogP contribution in [0.25, 0.3) is 0 Å². The molecule has 0 spiro atoms. The topological polar surface area (TPSA) is 61.8 Å². The van der Waals surface area contributed by atoms with E-state index in [1.165, 1.54) is 21.1 Å². The van der Waals surface area contributed by atoms with E-state index >= 15 is 0 Å². The molecular formula is C7H12O5. The summed E-state index contributed by atoms with van der Waals surface area (Å²) in [5.74, 6) is -1.17. The lowest BCUT2D eigenvalue weighted by molar-refractivity contribution is -0.163. The maximum absolute atomic E-state index is 10.8. The highest BCUT2D eigenvalue weighted by Crippen LogP contribution is 1.92. The second-order valence-electron chi connectivity index (χ2n) is 2.06. The molecule has 0 saturated carbocycles. The van der Waals surface area contributed by atoms with Crippen LogP contribution in [0.5, 0.6) is 0 Å². The Morgan fingerprint density at radius 2 is 1.92 bits per heavy atom. The third-order valence-corrected chi connectivity index (χ3v) is 1.25. The van der Waals surface area contributed by atoms with Gasteiger partial charge in [0.15, 0.2) is 12.7 Å². The van der Waals surface area contributed by atoms with E-state index < -0.39 is 18.0 Å². The van der Waals surface area contributed by atoms with E-state index in [0.717, 1.165) is 0 Å². The average molecular weight is 176 g/mol. The number of carbonyl (C=O) groups excluding carboxylic acids is 2. The lowest BCUT2D eigenvalue weighted by Gasteiger charge is -2.07. The van der Waals surface area contributed by atoms with Crippen molar-refractivity contribution in [2.75, 3.05) is 20.8 Å². The molecule has 0 amide bonds. The fraction of sp³-hybridized carbons (Fsp3) is 0.714. The molecule has 5 nitrogen and oxygen atoms in total. The van der Waals surface area contributed by atoms with Crippen LogP contribution in [0.4, 0.5) is 0 Å². The minimum Gasteiger partial charge on any atom is -0.466 e. The van der Waals surface area contributed by atoms with Crippen LogP contribution in [0.15, 0.2) is 0 Å². The summed E-state index contributed by atoms with van der Waals surface area (Å²) in [6.45, 7) is 1.16. The second kappa shape index (κ2) is 5.54. The predicted molar refractivity (Wildman–Crippen MR) is 39.4 cm³/mol. The highest BCUT2D eigenvalue weighted by molar-refractivity contribution is 5.78. The van der Waals surface area contributed by atoms with Gasteiger partial charge in [-0.25, -0.2) is 9.59 Å². The van der Waals surface area contributed by atoms with E-state index in [1.54, 1.807) is 0 Å². The van der Waals surface area contributed by atoms with E-state index in [0.29, 0.717) is 0 Å². The van der Waals surface area contributed by atoms with E-state index in [2.05, 4.69) is 14.2 Å². The minimum atomic E-state index is -0.658. The largest absolute Gasteiger partial charge is 0.466 e. The van der Waals surface area contributed by atoms with Crippen molar-refractivity contribution in [2.24, 2.45) is 0 Å². The predicted octanol–water partition coefficient (Wildman–Crippen LogP) is -0.263. The first-order valence-corrected chi connectivity index (χ1v) is 3.38. The molecule has 1 atom stereocenters. The minimum absolute atomic E-state index is 0.372. The molecule has 0 saturated heterocycles. The molecule has 0 aliphatic heterocycles. The molecule has 12 heavy (non-hydrogen) atoms. The summed E-state index contributed by atoms with van der Waals surface area (Å²) in [6.07, 6.45) is -0.658. The molecule has 5 heteroatoms. The Bertz CT molecular complexity index is 165. The summed E-state index contributed by atoms with van der Waals surface area (Å²) in [5, 5.41) is 0. The Morgan fingerprint density at radius 3 is 2.33 bits per heavy atom. The third-order valence-electron chi connectivity index (χ3n) is 1.25. The van der Waals surface area contributed by atoms with Crippen LogP contribution >= 0.6 is 0 Å². The third kappa shape index (κ3) is 3.92. The summed E-state index contributed by atoms with van der Waals surface area (Å²) >= 11 is 0. The van der Waals surface area contributed by atoms with Gasteiger partial charge in [0.25, 0.3) is 0 Å². The Kier molecular flexibility index (Phi) is 5.03. The Labute approximate surface area is 70.6 Å². The molecule has 0 aromatic carbocycles. The van der Waals surface area contributed by atoms with Gasteiger partial charge in [0, 0.05) is 7.11 Å². The van der Waals surface area contributed by atoms with Crippen molar-refractivity contribution in [2.45, 2.75) is 13.0 Å². The molecule has 0 rings (SSSR count). The van der Waals surface area contributed by atoms with E-state index in [4.69, 9.17) is 0 Å². The number of hydrogen-bond acceptors (Lipinski definition) is 5. The lowest BCUT2D eigenvalue weighted by atomic mass is 10.4. The zero-order valence-corrected chi connectivity index (χ0v) is 7.33. The first-order valence-electron chi connectivity index (χ1n) is 3.38. The molecule has 1 unspecified atom stereocenters. The standard InChI is InChI=1S/C7H12O5/c1-5(10-2)7(9)12-4-6(8)11-3/h5H,4H2,1-3H3. The maximum Gasteiger partial charge on any atom is 0.344 e. The molecule has 0 aliphatic carbocycles. The van der Waals surface area contributed by atoms with Gasteiger partial charge < -0.3 is 14.2 Å². The van der Waals surface area contributed by atoms with E-state index in [9.17, 15) is 9.59 Å². The van der Waals surface area contributed by atoms with E-state index in [-0.39, 0.29) is 6.61 Å². The van der Waals surface area contributed by atoms with Gasteiger partial charge in [-0.3, -0.25) is 0 Å². The zero-order valence-electron chi connectivity index (χ0n) is 7.33. The monoisotopic (exact) mass is 176 g/mol. The van der Waals surface area contributed by atoms with Crippen LogP contribution in [0.3, 0.4) is 0 Å². The van der Waals surface area contributed by atoms with Gasteiger partial charge >= 0.3 is 11.9 Å². The summed E-state index contributed by atoms with van der Waals surface area (Å²) in [4.78, 5) is 21.3. The van der Waals surface area contributed by atoms with Gasteiger partial charge in [0.05, 0.1) is 7.11 Å². The Hall–Kier alpha value is -1.10. The highest BCUT2D eigenvalue weighted by atomic mass is 16.6. The number of ether oxygens (including phenoxy) is 3. The maximum atomic E-state index is 10.8. The SMILES string of the molecule is COC(=O)COC(=O)C(C)OC. The Balaban J connectivity index is 3.64. The van der Waals surface area contributed by atoms with Crippen molar-refractivity contribution >= 4 is 11.9 Å². The van der Waals surface area contributed by atoms with Gasteiger partial charge in [0.1, 0.15) is 0 Å². The smallest absolute Gasteiger partial charge is 0.344 e. The summed E-state index contributed by atoms with van der Waals surface area (Å²) < 4.78 is 13.4. The second-order valence-corrected chi connectivity index (χ2v) is 2.06. The molecule has 0 aromatic heterocycles. The van der Waals surface area contributed by atoms with Crippen molar-refractivity contribution in [3.05, 3.63) is 0 Å². The van der Waals surface area contributed by atoms with Crippen LogP contribution in [-0.2, 0) is 23.8 Å². The summed E-state index contributed by atoms with van der Waals surface area (Å²) in [5.41, 5.74) is 0. The molecule has 0 radical (unpaired) electrons. The van der Waals surface area contributed by atoms with Gasteiger partial charge in [0.2, 0.25) is 0 Å². The van der Waals surface area contributed by atoms with Gasteiger partial charge in [-0.05, 0) is 6.92 Å². The number of carbonyl (C=O) groups is 2. The molecule has 0 fully saturated rings. The van der Waals surface area contributed by atoms with Gasteiger partial charge in [-0.2, -0.15) is 0 Å². The van der Waals surface area contributed by atoms with Crippen molar-refractivity contribution in [3.63, 3.8) is 0 Å². The summed E-state index contributed by atoms with van der Waals surface area (Å²) in [7, 11) is 2.60. The van der Waals surface area contributed by atoms with Gasteiger partial charge in [-0.15, -0.1) is 0 Å². The van der Waals surface area contributed by atoms with Crippen molar-refractivity contribution in [1.82, 2.24) is 0 Å². The Morgan fingerprint density at radius 1 is 1.33 bits per heavy atom. The molecule has 0 aromatic rings. The molecule has 0 bridgehead atoms. The number of methoxy groups -OCH3 is 2. The summed E-state index contributed by atoms with van der Waals surface area (Å²) in [6, 6.07) is 0. The number of hydrogen-bond donors (Lipinski definition) is 0. The molecular weight excluding hydrogens is 164 g/mol. The highest BCUT2D eigenvalue weighted by Gasteiger charge is 2.14. The first-order chi connectivity index (χ1) is 5.61. The first kappa shape index (κ1) is 10.9. The molecule has 70 valence electrons. The number of esters is 2. The average Bonchev–Trinajstić information content (AvgIpc) is 2.11. The lowest BCUT2D eigenvalue weighted by Crippen LogP contribution is -2.25. The van der Waals surface area contributed by atoms with Crippen LogP contribution in [0.1, 0.15) is 6.92 Å². The van der Waals surface area contributed by atoms with Crippen LogP contribution in [0, 0.1) is 0 Å². The van der Waals surface area contributed by atoms with Crippen LogP contribution in [0.2, 0.25) is 0 Å². The zero-order chi connectivity index (χ0) is 9.56.